The van der Waals surface area contributed by atoms with Crippen molar-refractivity contribution in [2.75, 3.05) is 32.1 Å². The highest BCUT2D eigenvalue weighted by Gasteiger charge is 2.36. The number of hydrogen-bond donors (Lipinski definition) is 2. The molecular formula is C25H29N7O2. The zero-order valence-corrected chi connectivity index (χ0v) is 19.6. The highest BCUT2D eigenvalue weighted by molar-refractivity contribution is 5.90. The van der Waals surface area contributed by atoms with E-state index in [4.69, 9.17) is 14.5 Å². The van der Waals surface area contributed by atoms with Crippen molar-refractivity contribution in [3.8, 4) is 11.3 Å². The van der Waals surface area contributed by atoms with Crippen molar-refractivity contribution in [3.05, 3.63) is 72.7 Å². The molecule has 2 aromatic heterocycles. The van der Waals surface area contributed by atoms with Gasteiger partial charge in [-0.15, -0.1) is 0 Å². The van der Waals surface area contributed by atoms with Gasteiger partial charge in [0.15, 0.2) is 0 Å². The van der Waals surface area contributed by atoms with Gasteiger partial charge in [0.25, 0.3) is 0 Å². The van der Waals surface area contributed by atoms with Crippen molar-refractivity contribution in [2.24, 2.45) is 12.0 Å². The summed E-state index contributed by atoms with van der Waals surface area (Å²) >= 11 is 0. The van der Waals surface area contributed by atoms with E-state index in [-0.39, 0.29) is 6.10 Å². The van der Waals surface area contributed by atoms with Gasteiger partial charge in [-0.05, 0) is 31.2 Å². The lowest BCUT2D eigenvalue weighted by atomic mass is 10.0. The third-order valence-corrected chi connectivity index (χ3v) is 5.90. The minimum atomic E-state index is -1.00. The number of guanidine groups is 1. The van der Waals surface area contributed by atoms with Gasteiger partial charge in [0.2, 0.25) is 11.8 Å². The van der Waals surface area contributed by atoms with Crippen LogP contribution in [0.2, 0.25) is 0 Å². The Labute approximate surface area is 199 Å². The summed E-state index contributed by atoms with van der Waals surface area (Å²) in [6.45, 7) is 4.20. The second-order valence-corrected chi connectivity index (χ2v) is 8.47. The molecule has 1 fully saturated rings. The zero-order valence-electron chi connectivity index (χ0n) is 19.6. The number of aliphatic imine (C=N–C) groups is 1. The van der Waals surface area contributed by atoms with Crippen LogP contribution in [0.25, 0.3) is 17.0 Å². The first-order valence-corrected chi connectivity index (χ1v) is 11.3. The third-order valence-electron chi connectivity index (χ3n) is 5.90. The molecule has 34 heavy (non-hydrogen) atoms. The highest BCUT2D eigenvalue weighted by atomic mass is 16.5. The number of aromatic nitrogens is 3. The van der Waals surface area contributed by atoms with E-state index >= 15 is 0 Å². The Morgan fingerprint density at radius 1 is 1.18 bits per heavy atom. The summed E-state index contributed by atoms with van der Waals surface area (Å²) in [5.74, 6) is -0.268. The van der Waals surface area contributed by atoms with E-state index in [1.807, 2.05) is 43.6 Å². The van der Waals surface area contributed by atoms with Crippen LogP contribution in [0.5, 0.6) is 0 Å². The van der Waals surface area contributed by atoms with E-state index in [0.717, 1.165) is 47.3 Å². The first-order chi connectivity index (χ1) is 16.5. The molecule has 4 heterocycles. The minimum Gasteiger partial charge on any atom is -0.375 e. The molecule has 2 aliphatic rings. The number of nitrogens with zero attached hydrogens (tertiary/aromatic N) is 5. The molecule has 1 unspecified atom stereocenters. The van der Waals surface area contributed by atoms with Gasteiger partial charge in [-0.25, -0.2) is 4.99 Å². The molecule has 1 aromatic carbocycles. The topological polar surface area (TPSA) is 88.8 Å². The Kier molecular flexibility index (Phi) is 6.04. The fourth-order valence-electron chi connectivity index (χ4n) is 4.16. The molecule has 2 aliphatic heterocycles. The molecule has 2 N–H and O–H groups in total. The number of nitrogens with one attached hydrogen (secondary N) is 2. The summed E-state index contributed by atoms with van der Waals surface area (Å²) in [5.41, 5.74) is 4.59. The average molecular weight is 460 g/mol. The lowest BCUT2D eigenvalue weighted by molar-refractivity contribution is -0.00164. The van der Waals surface area contributed by atoms with Gasteiger partial charge in [-0.2, -0.15) is 5.10 Å². The van der Waals surface area contributed by atoms with Crippen molar-refractivity contribution in [3.63, 3.8) is 0 Å². The molecule has 9 heteroatoms. The van der Waals surface area contributed by atoms with Gasteiger partial charge in [0, 0.05) is 68.7 Å². The van der Waals surface area contributed by atoms with Gasteiger partial charge in [0.05, 0.1) is 24.1 Å². The standard InChI is InChI=1S/C25H29N7O2/c1-18-17-32(13-14-34-18)24-27-23(16-25(29-24,33-3)28-21-7-10-26-11-8-21)20-6-4-5-19(15-20)22-9-12-31(2)30-22/h4-12,15-16,18H,13-14,17H2,1-3H3,(H,26,28)(H,27,29)/t18?,25-/m1/s1. The molecule has 9 nitrogen and oxygen atoms in total. The minimum absolute atomic E-state index is 0.116. The van der Waals surface area contributed by atoms with Gasteiger partial charge in [0.1, 0.15) is 0 Å². The van der Waals surface area contributed by atoms with E-state index in [2.05, 4.69) is 50.7 Å². The first kappa shape index (κ1) is 22.1. The largest absolute Gasteiger partial charge is 0.375 e. The molecule has 0 spiro atoms. The summed E-state index contributed by atoms with van der Waals surface area (Å²) in [5, 5.41) is 11.5. The highest BCUT2D eigenvalue weighted by Crippen LogP contribution is 2.29. The number of anilines is 1. The summed E-state index contributed by atoms with van der Waals surface area (Å²) in [7, 11) is 3.59. The number of hydrogen-bond acceptors (Lipinski definition) is 8. The van der Waals surface area contributed by atoms with Gasteiger partial charge in [-0.3, -0.25) is 9.67 Å². The normalized spacial score (nSPS) is 22.6. The quantitative estimate of drug-likeness (QED) is 0.567. The molecule has 0 saturated carbocycles. The predicted octanol–water partition coefficient (Wildman–Crippen LogP) is 2.92. The number of ether oxygens (including phenoxy) is 2. The third kappa shape index (κ3) is 4.66. The predicted molar refractivity (Wildman–Crippen MR) is 132 cm³/mol. The molecule has 1 saturated heterocycles. The van der Waals surface area contributed by atoms with Crippen molar-refractivity contribution in [1.29, 1.82) is 0 Å². The average Bonchev–Trinajstić information content (AvgIpc) is 3.31. The SMILES string of the molecule is CO[C@@]1(Nc2ccncc2)C=C(c2cccc(-c3ccn(C)n3)c2)N=C(N2CCOC(C)C2)N1. The second-order valence-electron chi connectivity index (χ2n) is 8.47. The summed E-state index contributed by atoms with van der Waals surface area (Å²) in [4.78, 5) is 11.3. The molecule has 0 bridgehead atoms. The number of aryl methyl sites for hydroxylation is 1. The van der Waals surface area contributed by atoms with Crippen LogP contribution < -0.4 is 10.6 Å². The van der Waals surface area contributed by atoms with Crippen LogP contribution in [-0.2, 0) is 16.5 Å². The van der Waals surface area contributed by atoms with Crippen molar-refractivity contribution in [2.45, 2.75) is 18.9 Å². The van der Waals surface area contributed by atoms with Crippen LogP contribution in [0, 0.1) is 0 Å². The summed E-state index contributed by atoms with van der Waals surface area (Å²) < 4.78 is 13.6. The number of morpholine rings is 1. The van der Waals surface area contributed by atoms with Crippen molar-refractivity contribution < 1.29 is 9.47 Å². The molecule has 0 aliphatic carbocycles. The summed E-state index contributed by atoms with van der Waals surface area (Å²) in [6.07, 6.45) is 7.52. The molecule has 3 aromatic rings. The maximum Gasteiger partial charge on any atom is 0.241 e. The van der Waals surface area contributed by atoms with Crippen LogP contribution in [0.15, 0.2) is 72.1 Å². The molecule has 0 radical (unpaired) electrons. The van der Waals surface area contributed by atoms with Gasteiger partial charge >= 0.3 is 0 Å². The van der Waals surface area contributed by atoms with Gasteiger partial charge in [-0.1, -0.05) is 18.2 Å². The Bertz CT molecular complexity index is 1210. The van der Waals surface area contributed by atoms with Crippen LogP contribution in [0.4, 0.5) is 5.69 Å². The fourth-order valence-corrected chi connectivity index (χ4v) is 4.16. The van der Waals surface area contributed by atoms with E-state index in [1.54, 1.807) is 24.2 Å². The molecule has 176 valence electrons. The second kappa shape index (κ2) is 9.28. The Hall–Kier alpha value is -3.69. The molecule has 5 rings (SSSR count). The zero-order chi connectivity index (χ0) is 23.5. The van der Waals surface area contributed by atoms with Gasteiger partial charge < -0.3 is 25.0 Å². The lowest BCUT2D eigenvalue weighted by Crippen LogP contribution is -2.61. The first-order valence-electron chi connectivity index (χ1n) is 11.3. The smallest absolute Gasteiger partial charge is 0.241 e. The maximum absolute atomic E-state index is 6.03. The fraction of sp³-hybridized carbons (Fsp3) is 0.320. The Balaban J connectivity index is 1.56. The number of pyridine rings is 1. The molecule has 2 atom stereocenters. The number of benzene rings is 1. The van der Waals surface area contributed by atoms with Crippen molar-refractivity contribution in [1.82, 2.24) is 25.0 Å². The van der Waals surface area contributed by atoms with Crippen LogP contribution >= 0.6 is 0 Å². The molecular weight excluding hydrogens is 430 g/mol. The van der Waals surface area contributed by atoms with E-state index in [0.29, 0.717) is 6.61 Å². The van der Waals surface area contributed by atoms with Crippen LogP contribution in [0.1, 0.15) is 12.5 Å². The van der Waals surface area contributed by atoms with Crippen LogP contribution in [0.3, 0.4) is 0 Å². The summed E-state index contributed by atoms with van der Waals surface area (Å²) in [6, 6.07) is 14.1. The van der Waals surface area contributed by atoms with E-state index in [1.165, 1.54) is 0 Å². The van der Waals surface area contributed by atoms with E-state index < -0.39 is 5.85 Å². The number of rotatable bonds is 5. The number of methoxy groups -OCH3 is 1. The van der Waals surface area contributed by atoms with Crippen molar-refractivity contribution >= 4 is 17.3 Å². The molecule has 0 amide bonds. The van der Waals surface area contributed by atoms with E-state index in [9.17, 15) is 0 Å². The lowest BCUT2D eigenvalue weighted by Gasteiger charge is -2.41. The Morgan fingerprint density at radius 3 is 2.74 bits per heavy atom. The Morgan fingerprint density at radius 2 is 2.00 bits per heavy atom. The van der Waals surface area contributed by atoms with Crippen LogP contribution in [-0.4, -0.2) is 64.4 Å². The maximum atomic E-state index is 6.03. The monoisotopic (exact) mass is 459 g/mol.